The summed E-state index contributed by atoms with van der Waals surface area (Å²) in [6, 6.07) is 11.7. The predicted molar refractivity (Wildman–Crippen MR) is 73.8 cm³/mol. The average Bonchev–Trinajstić information content (AvgIpc) is 2.58. The second kappa shape index (κ2) is 3.71. The Labute approximate surface area is 108 Å². The molecule has 2 N–H and O–H groups in total. The Morgan fingerprint density at radius 1 is 1.06 bits per heavy atom. The summed E-state index contributed by atoms with van der Waals surface area (Å²) in [7, 11) is -1.45. The second-order valence-electron chi connectivity index (χ2n) is 5.28. The summed E-state index contributed by atoms with van der Waals surface area (Å²) in [4.78, 5) is 0. The summed E-state index contributed by atoms with van der Waals surface area (Å²) < 4.78 is 7.78. The lowest BCUT2D eigenvalue weighted by Crippen LogP contribution is -2.31. The molecular weight excluding hydrogens is 223 g/mol. The van der Waals surface area contributed by atoms with Gasteiger partial charge in [-0.25, -0.2) is 0 Å². The van der Waals surface area contributed by atoms with Crippen molar-refractivity contribution < 1.29 is 11.4 Å². The molecule has 0 unspecified atom stereocenters. The fourth-order valence-electron chi connectivity index (χ4n) is 2.80. The number of hydrogen-bond donors (Lipinski definition) is 2. The van der Waals surface area contributed by atoms with Gasteiger partial charge in [0.1, 0.15) is 0 Å². The van der Waals surface area contributed by atoms with Crippen LogP contribution in [-0.4, -0.2) is 17.2 Å². The van der Waals surface area contributed by atoms with Crippen molar-refractivity contribution in [2.45, 2.75) is 19.3 Å². The molecule has 0 heterocycles. The van der Waals surface area contributed by atoms with Crippen LogP contribution >= 0.6 is 0 Å². The van der Waals surface area contributed by atoms with E-state index in [0.29, 0.717) is 11.5 Å². The zero-order valence-corrected chi connectivity index (χ0v) is 10.4. The molecule has 2 aromatic carbocycles. The van der Waals surface area contributed by atoms with Crippen LogP contribution in [0.1, 0.15) is 26.3 Å². The van der Waals surface area contributed by atoms with Crippen LogP contribution < -0.4 is 5.46 Å². The van der Waals surface area contributed by atoms with Gasteiger partial charge in [0.05, 0.1) is 1.37 Å². The molecule has 0 aromatic heterocycles. The van der Waals surface area contributed by atoms with Gasteiger partial charge in [0.15, 0.2) is 0 Å². The van der Waals surface area contributed by atoms with Crippen LogP contribution in [0.15, 0.2) is 42.4 Å². The lowest BCUT2D eigenvalue weighted by atomic mass is 9.75. The lowest BCUT2D eigenvalue weighted by molar-refractivity contribution is 0.425. The van der Waals surface area contributed by atoms with Crippen molar-refractivity contribution >= 4 is 12.6 Å². The van der Waals surface area contributed by atoms with E-state index in [-0.39, 0.29) is 5.41 Å². The van der Waals surface area contributed by atoms with E-state index in [4.69, 9.17) is 1.37 Å². The lowest BCUT2D eigenvalue weighted by Gasteiger charge is -2.21. The molecule has 0 spiro atoms. The average molecular weight is 239 g/mol. The molecule has 0 amide bonds. The maximum Gasteiger partial charge on any atom is 0.488 e. The Morgan fingerprint density at radius 2 is 1.78 bits per heavy atom. The summed E-state index contributed by atoms with van der Waals surface area (Å²) in [6.45, 7) is 4.20. The molecule has 1 aliphatic carbocycles. The van der Waals surface area contributed by atoms with Crippen molar-refractivity contribution in [1.82, 2.24) is 0 Å². The van der Waals surface area contributed by atoms with Crippen molar-refractivity contribution in [3.8, 4) is 11.1 Å². The SMILES string of the molecule is [2H]c1ccc2c(c1)C(C)(C)c1cc(B(O)O)ccc1-2. The molecule has 2 aromatic rings. The van der Waals surface area contributed by atoms with Crippen LogP contribution in [0, 0.1) is 0 Å². The van der Waals surface area contributed by atoms with Gasteiger partial charge in [-0.05, 0) is 27.7 Å². The number of rotatable bonds is 1. The molecular formula is C15H15BO2. The summed E-state index contributed by atoms with van der Waals surface area (Å²) >= 11 is 0. The summed E-state index contributed by atoms with van der Waals surface area (Å²) in [5.41, 5.74) is 4.75. The molecule has 3 heteroatoms. The van der Waals surface area contributed by atoms with Gasteiger partial charge in [-0.2, -0.15) is 0 Å². The van der Waals surface area contributed by atoms with Crippen LogP contribution in [0.5, 0.6) is 0 Å². The highest BCUT2D eigenvalue weighted by Gasteiger charge is 2.35. The van der Waals surface area contributed by atoms with Gasteiger partial charge in [0.2, 0.25) is 0 Å². The van der Waals surface area contributed by atoms with Crippen LogP contribution in [0.25, 0.3) is 11.1 Å². The van der Waals surface area contributed by atoms with Gasteiger partial charge in [0, 0.05) is 5.41 Å². The maximum absolute atomic E-state index is 9.31. The van der Waals surface area contributed by atoms with Crippen molar-refractivity contribution in [1.29, 1.82) is 0 Å². The molecule has 18 heavy (non-hydrogen) atoms. The van der Waals surface area contributed by atoms with Crippen molar-refractivity contribution in [3.63, 3.8) is 0 Å². The first-order valence-electron chi connectivity index (χ1n) is 6.53. The van der Waals surface area contributed by atoms with Crippen LogP contribution in [0.2, 0.25) is 0 Å². The molecule has 0 saturated heterocycles. The minimum atomic E-state index is -1.45. The fourth-order valence-corrected chi connectivity index (χ4v) is 2.80. The predicted octanol–water partition coefficient (Wildman–Crippen LogP) is 1.67. The first-order chi connectivity index (χ1) is 8.91. The third kappa shape index (κ3) is 1.44. The summed E-state index contributed by atoms with van der Waals surface area (Å²) in [5, 5.41) is 18.6. The second-order valence-corrected chi connectivity index (χ2v) is 5.28. The molecule has 0 bridgehead atoms. The maximum atomic E-state index is 9.31. The van der Waals surface area contributed by atoms with Gasteiger partial charge < -0.3 is 10.0 Å². The van der Waals surface area contributed by atoms with Gasteiger partial charge in [0.25, 0.3) is 0 Å². The molecule has 0 aliphatic heterocycles. The van der Waals surface area contributed by atoms with Crippen LogP contribution in [-0.2, 0) is 5.41 Å². The van der Waals surface area contributed by atoms with E-state index in [1.807, 2.05) is 24.3 Å². The first kappa shape index (κ1) is 10.4. The fraction of sp³-hybridized carbons (Fsp3) is 0.200. The zero-order chi connectivity index (χ0) is 13.8. The van der Waals surface area contributed by atoms with Crippen molar-refractivity contribution in [2.24, 2.45) is 0 Å². The van der Waals surface area contributed by atoms with E-state index in [1.165, 1.54) is 0 Å². The van der Waals surface area contributed by atoms with Gasteiger partial charge in [-0.15, -0.1) is 0 Å². The topological polar surface area (TPSA) is 40.5 Å². The Balaban J connectivity index is 2.28. The zero-order valence-electron chi connectivity index (χ0n) is 11.4. The minimum absolute atomic E-state index is 0.216. The first-order valence-corrected chi connectivity index (χ1v) is 6.03. The number of benzene rings is 2. The third-order valence-electron chi connectivity index (χ3n) is 3.84. The highest BCUT2D eigenvalue weighted by Crippen LogP contribution is 2.47. The minimum Gasteiger partial charge on any atom is -0.423 e. The molecule has 90 valence electrons. The van der Waals surface area contributed by atoms with Crippen LogP contribution in [0.4, 0.5) is 0 Å². The molecule has 0 radical (unpaired) electrons. The standard InChI is InChI=1S/C15H15BO2/c1-15(2)13-6-4-3-5-11(13)12-8-7-10(16(17)18)9-14(12)15/h3-9,17-18H,1-2H3/i4D. The quantitative estimate of drug-likeness (QED) is 0.743. The Morgan fingerprint density at radius 3 is 2.50 bits per heavy atom. The molecule has 0 atom stereocenters. The molecule has 3 rings (SSSR count). The third-order valence-corrected chi connectivity index (χ3v) is 3.84. The van der Waals surface area contributed by atoms with Gasteiger partial charge >= 0.3 is 7.12 Å². The molecule has 1 aliphatic rings. The highest BCUT2D eigenvalue weighted by molar-refractivity contribution is 6.58. The van der Waals surface area contributed by atoms with Crippen LogP contribution in [0.3, 0.4) is 0 Å². The van der Waals surface area contributed by atoms with E-state index < -0.39 is 7.12 Å². The monoisotopic (exact) mass is 239 g/mol. The van der Waals surface area contributed by atoms with E-state index in [9.17, 15) is 10.0 Å². The number of hydrogen-bond acceptors (Lipinski definition) is 2. The Hall–Kier alpha value is -1.58. The van der Waals surface area contributed by atoms with Gasteiger partial charge in [-0.1, -0.05) is 56.3 Å². The summed E-state index contributed by atoms with van der Waals surface area (Å²) in [6.07, 6.45) is 0. The number of fused-ring (bicyclic) bond motifs is 3. The van der Waals surface area contributed by atoms with Crippen molar-refractivity contribution in [3.05, 3.63) is 53.6 Å². The van der Waals surface area contributed by atoms with E-state index in [1.54, 1.807) is 12.1 Å². The van der Waals surface area contributed by atoms with E-state index in [0.717, 1.165) is 22.3 Å². The van der Waals surface area contributed by atoms with E-state index >= 15 is 0 Å². The van der Waals surface area contributed by atoms with Gasteiger partial charge in [-0.3, -0.25) is 0 Å². The molecule has 2 nitrogen and oxygen atoms in total. The molecule has 0 fully saturated rings. The Kier molecular flexibility index (Phi) is 2.13. The normalized spacial score (nSPS) is 15.9. The Bertz CT molecular complexity index is 665. The largest absolute Gasteiger partial charge is 0.488 e. The summed E-state index contributed by atoms with van der Waals surface area (Å²) in [5.74, 6) is 0. The van der Waals surface area contributed by atoms with E-state index in [2.05, 4.69) is 13.8 Å². The smallest absolute Gasteiger partial charge is 0.423 e. The van der Waals surface area contributed by atoms with Crippen molar-refractivity contribution in [2.75, 3.05) is 0 Å². The molecule has 0 saturated carbocycles. The highest BCUT2D eigenvalue weighted by atomic mass is 16.4.